The van der Waals surface area contributed by atoms with Crippen LogP contribution < -0.4 is 5.73 Å². The maximum absolute atomic E-state index is 11.5. The second-order valence-electron chi connectivity index (χ2n) is 3.69. The molecule has 0 saturated heterocycles. The molecule has 1 rings (SSSR count). The molecule has 6 heteroatoms. The molecule has 19 heavy (non-hydrogen) atoms. The Balaban J connectivity index is 2.54. The predicted octanol–water partition coefficient (Wildman–Crippen LogP) is 0.792. The number of carbonyl (C=O) groups excluding carboxylic acids is 1. The predicted molar refractivity (Wildman–Crippen MR) is 68.0 cm³/mol. The van der Waals surface area contributed by atoms with Crippen LogP contribution in [0.5, 0.6) is 0 Å². The highest BCUT2D eigenvalue weighted by molar-refractivity contribution is 5.87. The highest BCUT2D eigenvalue weighted by atomic mass is 16.5. The van der Waals surface area contributed by atoms with Gasteiger partial charge in [0.15, 0.2) is 0 Å². The monoisotopic (exact) mass is 261 g/mol. The number of nitrogens with zero attached hydrogens (tertiary/aromatic N) is 2. The van der Waals surface area contributed by atoms with Gasteiger partial charge in [-0.25, -0.2) is 9.78 Å². The molecule has 1 atom stereocenters. The zero-order chi connectivity index (χ0) is 14.1. The van der Waals surface area contributed by atoms with Crippen molar-refractivity contribution in [1.29, 1.82) is 5.26 Å². The van der Waals surface area contributed by atoms with Gasteiger partial charge in [0.2, 0.25) is 0 Å². The molecule has 0 amide bonds. The van der Waals surface area contributed by atoms with E-state index in [2.05, 4.69) is 11.6 Å². The third kappa shape index (κ3) is 5.29. The van der Waals surface area contributed by atoms with E-state index in [0.29, 0.717) is 0 Å². The molecule has 1 heterocycles. The van der Waals surface area contributed by atoms with Crippen LogP contribution in [-0.4, -0.2) is 30.2 Å². The zero-order valence-corrected chi connectivity index (χ0v) is 10.4. The van der Waals surface area contributed by atoms with Gasteiger partial charge < -0.3 is 15.2 Å². The summed E-state index contributed by atoms with van der Waals surface area (Å²) in [5.74, 6) is -0.518. The Morgan fingerprint density at radius 3 is 3.16 bits per heavy atom. The Morgan fingerprint density at radius 1 is 1.68 bits per heavy atom. The van der Waals surface area contributed by atoms with Crippen molar-refractivity contribution in [2.75, 3.05) is 13.2 Å². The lowest BCUT2D eigenvalue weighted by atomic mass is 10.2. The van der Waals surface area contributed by atoms with Gasteiger partial charge in [0.05, 0.1) is 19.3 Å². The highest BCUT2D eigenvalue weighted by Gasteiger charge is 2.09. The SMILES string of the molecule is C=CCOC(=O)c1cc(COC[C@@H](N)C#N)ccn1. The molecule has 1 aromatic heterocycles. The number of nitrogens with two attached hydrogens (primary N) is 1. The van der Waals surface area contributed by atoms with E-state index in [1.807, 2.05) is 6.07 Å². The molecule has 0 aliphatic heterocycles. The summed E-state index contributed by atoms with van der Waals surface area (Å²) >= 11 is 0. The lowest BCUT2D eigenvalue weighted by Crippen LogP contribution is -2.23. The number of aromatic nitrogens is 1. The van der Waals surface area contributed by atoms with Crippen molar-refractivity contribution in [2.24, 2.45) is 5.73 Å². The Labute approximate surface area is 111 Å². The van der Waals surface area contributed by atoms with Gasteiger partial charge in [-0.15, -0.1) is 0 Å². The lowest BCUT2D eigenvalue weighted by Gasteiger charge is -2.06. The van der Waals surface area contributed by atoms with Crippen molar-refractivity contribution in [1.82, 2.24) is 4.98 Å². The van der Waals surface area contributed by atoms with Crippen molar-refractivity contribution < 1.29 is 14.3 Å². The van der Waals surface area contributed by atoms with Crippen molar-refractivity contribution in [3.8, 4) is 6.07 Å². The third-order valence-electron chi connectivity index (χ3n) is 2.10. The summed E-state index contributed by atoms with van der Waals surface area (Å²) in [5.41, 5.74) is 6.34. The second kappa shape index (κ2) is 7.97. The largest absolute Gasteiger partial charge is 0.457 e. The number of hydrogen-bond donors (Lipinski definition) is 1. The van der Waals surface area contributed by atoms with Crippen LogP contribution >= 0.6 is 0 Å². The Bertz CT molecular complexity index is 482. The molecule has 0 saturated carbocycles. The first-order valence-corrected chi connectivity index (χ1v) is 5.63. The molecule has 1 aromatic rings. The molecular weight excluding hydrogens is 246 g/mol. The van der Waals surface area contributed by atoms with Crippen molar-refractivity contribution in [3.05, 3.63) is 42.2 Å². The van der Waals surface area contributed by atoms with Crippen molar-refractivity contribution >= 4 is 5.97 Å². The fourth-order valence-electron chi connectivity index (χ4n) is 1.23. The smallest absolute Gasteiger partial charge is 0.357 e. The molecule has 0 unspecified atom stereocenters. The lowest BCUT2D eigenvalue weighted by molar-refractivity contribution is 0.0542. The molecular formula is C13H15N3O3. The van der Waals surface area contributed by atoms with E-state index >= 15 is 0 Å². The molecule has 0 spiro atoms. The quantitative estimate of drug-likeness (QED) is 0.575. The molecule has 0 aliphatic carbocycles. The number of esters is 1. The van der Waals surface area contributed by atoms with E-state index < -0.39 is 12.0 Å². The van der Waals surface area contributed by atoms with Crippen LogP contribution in [0.4, 0.5) is 0 Å². The Hall–Kier alpha value is -2.23. The molecule has 2 N–H and O–H groups in total. The molecule has 0 radical (unpaired) electrons. The number of carbonyl (C=O) groups is 1. The third-order valence-corrected chi connectivity index (χ3v) is 2.10. The van der Waals surface area contributed by atoms with Gasteiger partial charge >= 0.3 is 5.97 Å². The second-order valence-corrected chi connectivity index (χ2v) is 3.69. The summed E-state index contributed by atoms with van der Waals surface area (Å²) in [5, 5.41) is 8.50. The van der Waals surface area contributed by atoms with Gasteiger partial charge in [-0.1, -0.05) is 12.7 Å². The summed E-state index contributed by atoms with van der Waals surface area (Å²) < 4.78 is 10.1. The van der Waals surface area contributed by atoms with E-state index in [4.69, 9.17) is 20.5 Å². The van der Waals surface area contributed by atoms with Crippen LogP contribution in [0.25, 0.3) is 0 Å². The Kier molecular flexibility index (Phi) is 6.22. The number of rotatable bonds is 7. The maximum Gasteiger partial charge on any atom is 0.357 e. The first kappa shape index (κ1) is 14.8. The fourth-order valence-corrected chi connectivity index (χ4v) is 1.23. The van der Waals surface area contributed by atoms with Crippen molar-refractivity contribution in [2.45, 2.75) is 12.6 Å². The molecule has 100 valence electrons. The van der Waals surface area contributed by atoms with Crippen LogP contribution in [0, 0.1) is 11.3 Å². The van der Waals surface area contributed by atoms with Crippen LogP contribution in [0.2, 0.25) is 0 Å². The van der Waals surface area contributed by atoms with E-state index in [1.54, 1.807) is 12.1 Å². The first-order chi connectivity index (χ1) is 9.17. The van der Waals surface area contributed by atoms with Gasteiger partial charge in [-0.2, -0.15) is 5.26 Å². The minimum absolute atomic E-state index is 0.134. The number of hydrogen-bond acceptors (Lipinski definition) is 6. The van der Waals surface area contributed by atoms with Crippen LogP contribution in [0.1, 0.15) is 16.1 Å². The van der Waals surface area contributed by atoms with Crippen LogP contribution in [0.15, 0.2) is 31.0 Å². The molecule has 0 aliphatic rings. The summed E-state index contributed by atoms with van der Waals surface area (Å²) in [6.45, 7) is 3.97. The molecule has 0 aromatic carbocycles. The van der Waals surface area contributed by atoms with E-state index in [9.17, 15) is 4.79 Å². The summed E-state index contributed by atoms with van der Waals surface area (Å²) in [7, 11) is 0. The first-order valence-electron chi connectivity index (χ1n) is 5.63. The average molecular weight is 261 g/mol. The average Bonchev–Trinajstić information content (AvgIpc) is 2.44. The highest BCUT2D eigenvalue weighted by Crippen LogP contribution is 2.05. The number of nitriles is 1. The molecule has 0 bridgehead atoms. The fraction of sp³-hybridized carbons (Fsp3) is 0.308. The van der Waals surface area contributed by atoms with Gasteiger partial charge in [0.25, 0.3) is 0 Å². The van der Waals surface area contributed by atoms with Gasteiger partial charge in [-0.05, 0) is 17.7 Å². The maximum atomic E-state index is 11.5. The van der Waals surface area contributed by atoms with Crippen LogP contribution in [-0.2, 0) is 16.1 Å². The normalized spacial score (nSPS) is 11.4. The topological polar surface area (TPSA) is 98.2 Å². The zero-order valence-electron chi connectivity index (χ0n) is 10.4. The summed E-state index contributed by atoms with van der Waals surface area (Å²) in [4.78, 5) is 15.5. The minimum Gasteiger partial charge on any atom is -0.457 e. The minimum atomic E-state index is -0.654. The number of pyridine rings is 1. The van der Waals surface area contributed by atoms with Gasteiger partial charge in [-0.3, -0.25) is 0 Å². The van der Waals surface area contributed by atoms with Crippen molar-refractivity contribution in [3.63, 3.8) is 0 Å². The standard InChI is InChI=1S/C13H15N3O3/c1-2-5-19-13(17)12-6-10(3-4-16-12)8-18-9-11(15)7-14/h2-4,6,11H,1,5,8-9,15H2/t11-/m0/s1. The van der Waals surface area contributed by atoms with Gasteiger partial charge in [0, 0.05) is 6.20 Å². The van der Waals surface area contributed by atoms with E-state index in [-0.39, 0.29) is 25.5 Å². The van der Waals surface area contributed by atoms with E-state index in [1.165, 1.54) is 12.3 Å². The summed E-state index contributed by atoms with van der Waals surface area (Å²) in [6.07, 6.45) is 2.97. The number of ether oxygens (including phenoxy) is 2. The summed E-state index contributed by atoms with van der Waals surface area (Å²) in [6, 6.07) is 4.49. The van der Waals surface area contributed by atoms with E-state index in [0.717, 1.165) is 5.56 Å². The molecule has 0 fully saturated rings. The van der Waals surface area contributed by atoms with Crippen LogP contribution in [0.3, 0.4) is 0 Å². The molecule has 6 nitrogen and oxygen atoms in total. The van der Waals surface area contributed by atoms with Gasteiger partial charge in [0.1, 0.15) is 18.3 Å². The Morgan fingerprint density at radius 2 is 2.47 bits per heavy atom.